The van der Waals surface area contributed by atoms with Crippen molar-refractivity contribution in [1.29, 1.82) is 0 Å². The lowest BCUT2D eigenvalue weighted by Crippen LogP contribution is -2.47. The topological polar surface area (TPSA) is 71.5 Å². The molecule has 28 heavy (non-hydrogen) atoms. The minimum Gasteiger partial charge on any atom is -0.472 e. The SMILES string of the molecule is O=C(Cc1ccoc1)NC1(C2CCN(c3nc4c(F)cccc4o3)CC2)CC1. The Balaban J connectivity index is 1.21. The summed E-state index contributed by atoms with van der Waals surface area (Å²) in [6, 6.07) is 7.05. The second-order valence-electron chi connectivity index (χ2n) is 7.86. The molecule has 1 amide bonds. The molecule has 146 valence electrons. The number of aromatic nitrogens is 1. The number of nitrogens with one attached hydrogen (secondary N) is 1. The van der Waals surface area contributed by atoms with E-state index in [1.807, 2.05) is 6.07 Å². The van der Waals surface area contributed by atoms with E-state index < -0.39 is 0 Å². The first-order chi connectivity index (χ1) is 13.6. The van der Waals surface area contributed by atoms with E-state index in [2.05, 4.69) is 15.2 Å². The zero-order valence-corrected chi connectivity index (χ0v) is 15.5. The molecule has 3 heterocycles. The van der Waals surface area contributed by atoms with Crippen LogP contribution in [0.5, 0.6) is 0 Å². The van der Waals surface area contributed by atoms with E-state index in [0.717, 1.165) is 44.3 Å². The number of nitrogens with zero attached hydrogens (tertiary/aromatic N) is 2. The number of hydrogen-bond acceptors (Lipinski definition) is 5. The summed E-state index contributed by atoms with van der Waals surface area (Å²) in [5.41, 5.74) is 1.58. The average molecular weight is 383 g/mol. The second kappa shape index (κ2) is 6.65. The number of carbonyl (C=O) groups is 1. The molecule has 1 aliphatic heterocycles. The Morgan fingerprint density at radius 1 is 1.29 bits per heavy atom. The molecule has 3 aromatic rings. The van der Waals surface area contributed by atoms with Gasteiger partial charge in [0.05, 0.1) is 18.9 Å². The van der Waals surface area contributed by atoms with Crippen LogP contribution < -0.4 is 10.2 Å². The van der Waals surface area contributed by atoms with Crippen molar-refractivity contribution in [3.63, 3.8) is 0 Å². The fourth-order valence-electron chi connectivity index (χ4n) is 4.33. The minimum atomic E-state index is -0.361. The number of furan rings is 1. The van der Waals surface area contributed by atoms with E-state index >= 15 is 0 Å². The van der Waals surface area contributed by atoms with Crippen molar-refractivity contribution in [2.24, 2.45) is 5.92 Å². The average Bonchev–Trinajstić information content (AvgIpc) is 3.09. The van der Waals surface area contributed by atoms with Crippen molar-refractivity contribution in [2.75, 3.05) is 18.0 Å². The normalized spacial score (nSPS) is 19.1. The molecule has 0 atom stereocenters. The maximum atomic E-state index is 13.9. The highest BCUT2D eigenvalue weighted by Gasteiger charge is 2.50. The molecule has 2 fully saturated rings. The van der Waals surface area contributed by atoms with Crippen molar-refractivity contribution in [2.45, 2.75) is 37.6 Å². The monoisotopic (exact) mass is 383 g/mol. The van der Waals surface area contributed by atoms with Crippen molar-refractivity contribution in [1.82, 2.24) is 10.3 Å². The molecule has 1 saturated carbocycles. The lowest BCUT2D eigenvalue weighted by molar-refractivity contribution is -0.121. The van der Waals surface area contributed by atoms with Crippen LogP contribution in [0.1, 0.15) is 31.2 Å². The first-order valence-corrected chi connectivity index (χ1v) is 9.75. The lowest BCUT2D eigenvalue weighted by Gasteiger charge is -2.36. The van der Waals surface area contributed by atoms with Gasteiger partial charge < -0.3 is 19.1 Å². The summed E-state index contributed by atoms with van der Waals surface area (Å²) >= 11 is 0. The van der Waals surface area contributed by atoms with Crippen LogP contribution in [0, 0.1) is 11.7 Å². The molecule has 1 aliphatic carbocycles. The predicted octanol–water partition coefficient (Wildman–Crippen LogP) is 3.67. The summed E-state index contributed by atoms with van der Waals surface area (Å²) in [6.45, 7) is 1.58. The zero-order valence-electron chi connectivity index (χ0n) is 15.5. The van der Waals surface area contributed by atoms with Gasteiger partial charge in [0.1, 0.15) is 5.52 Å². The van der Waals surface area contributed by atoms with Gasteiger partial charge in [-0.2, -0.15) is 4.98 Å². The van der Waals surface area contributed by atoms with Crippen molar-refractivity contribution in [3.05, 3.63) is 48.2 Å². The minimum absolute atomic E-state index is 0.0516. The summed E-state index contributed by atoms with van der Waals surface area (Å²) in [7, 11) is 0. The third-order valence-corrected chi connectivity index (χ3v) is 6.03. The summed E-state index contributed by atoms with van der Waals surface area (Å²) in [5, 5.41) is 3.27. The fourth-order valence-corrected chi connectivity index (χ4v) is 4.33. The van der Waals surface area contributed by atoms with Crippen LogP contribution in [-0.4, -0.2) is 29.5 Å². The van der Waals surface area contributed by atoms with Gasteiger partial charge >= 0.3 is 0 Å². The molecule has 5 rings (SSSR count). The van der Waals surface area contributed by atoms with Gasteiger partial charge in [-0.15, -0.1) is 0 Å². The number of carbonyl (C=O) groups excluding carboxylic acids is 1. The molecule has 0 spiro atoms. The zero-order chi connectivity index (χ0) is 19.1. The number of rotatable bonds is 5. The number of para-hydroxylation sites is 1. The molecule has 1 N–H and O–H groups in total. The van der Waals surface area contributed by atoms with Gasteiger partial charge in [-0.05, 0) is 55.4 Å². The quantitative estimate of drug-likeness (QED) is 0.728. The Morgan fingerprint density at radius 2 is 2.11 bits per heavy atom. The van der Waals surface area contributed by atoms with Crippen LogP contribution in [0.15, 0.2) is 45.6 Å². The maximum absolute atomic E-state index is 13.9. The van der Waals surface area contributed by atoms with Crippen LogP contribution in [0.4, 0.5) is 10.4 Å². The first-order valence-electron chi connectivity index (χ1n) is 9.75. The Morgan fingerprint density at radius 3 is 2.79 bits per heavy atom. The van der Waals surface area contributed by atoms with E-state index in [-0.39, 0.29) is 22.8 Å². The standard InChI is InChI=1S/C21H22FN3O3/c22-16-2-1-3-17-19(16)23-20(28-17)25-9-4-15(5-10-25)21(7-8-21)24-18(26)12-14-6-11-27-13-14/h1-3,6,11,13,15H,4-5,7-10,12H2,(H,24,26). The van der Waals surface area contributed by atoms with E-state index in [4.69, 9.17) is 8.83 Å². The number of piperidine rings is 1. The molecule has 1 aromatic carbocycles. The number of anilines is 1. The molecular formula is C21H22FN3O3. The molecule has 0 unspecified atom stereocenters. The molecule has 0 radical (unpaired) electrons. The van der Waals surface area contributed by atoms with Crippen molar-refractivity contribution in [3.8, 4) is 0 Å². The maximum Gasteiger partial charge on any atom is 0.298 e. The van der Waals surface area contributed by atoms with Gasteiger partial charge in [0.2, 0.25) is 5.91 Å². The number of oxazole rings is 1. The molecular weight excluding hydrogens is 361 g/mol. The Kier molecular flexibility index (Phi) is 4.10. The summed E-state index contributed by atoms with van der Waals surface area (Å²) in [4.78, 5) is 18.8. The molecule has 7 heteroatoms. The second-order valence-corrected chi connectivity index (χ2v) is 7.86. The molecule has 2 aromatic heterocycles. The highest BCUT2D eigenvalue weighted by molar-refractivity contribution is 5.79. The summed E-state index contributed by atoms with van der Waals surface area (Å²) in [5.74, 6) is 0.133. The van der Waals surface area contributed by atoms with Crippen LogP contribution in [0.25, 0.3) is 11.1 Å². The van der Waals surface area contributed by atoms with E-state index in [1.54, 1.807) is 24.7 Å². The van der Waals surface area contributed by atoms with Crippen LogP contribution in [-0.2, 0) is 11.2 Å². The number of halogens is 1. The smallest absolute Gasteiger partial charge is 0.298 e. The Hall–Kier alpha value is -2.83. The lowest BCUT2D eigenvalue weighted by atomic mass is 9.87. The van der Waals surface area contributed by atoms with Gasteiger partial charge in [-0.25, -0.2) is 4.39 Å². The van der Waals surface area contributed by atoms with Gasteiger partial charge in [-0.1, -0.05) is 6.07 Å². The summed E-state index contributed by atoms with van der Waals surface area (Å²) < 4.78 is 24.6. The highest BCUT2D eigenvalue weighted by atomic mass is 19.1. The van der Waals surface area contributed by atoms with Gasteiger partial charge in [0, 0.05) is 18.6 Å². The Bertz CT molecular complexity index is 986. The Labute approximate surface area is 161 Å². The van der Waals surface area contributed by atoms with Gasteiger partial charge in [0.15, 0.2) is 11.4 Å². The number of fused-ring (bicyclic) bond motifs is 1. The van der Waals surface area contributed by atoms with Crippen LogP contribution >= 0.6 is 0 Å². The molecule has 6 nitrogen and oxygen atoms in total. The summed E-state index contributed by atoms with van der Waals surface area (Å²) in [6.07, 6.45) is 7.52. The third kappa shape index (κ3) is 3.15. The van der Waals surface area contributed by atoms with Crippen molar-refractivity contribution >= 4 is 23.0 Å². The fraction of sp³-hybridized carbons (Fsp3) is 0.429. The van der Waals surface area contributed by atoms with Crippen molar-refractivity contribution < 1.29 is 18.0 Å². The number of amides is 1. The van der Waals surface area contributed by atoms with E-state index in [0.29, 0.717) is 23.9 Å². The van der Waals surface area contributed by atoms with Gasteiger partial charge in [0.25, 0.3) is 6.01 Å². The molecule has 0 bridgehead atoms. The van der Waals surface area contributed by atoms with E-state index in [1.165, 1.54) is 6.07 Å². The first kappa shape index (κ1) is 17.3. The number of benzene rings is 1. The van der Waals surface area contributed by atoms with Gasteiger partial charge in [-0.3, -0.25) is 4.79 Å². The number of hydrogen-bond donors (Lipinski definition) is 1. The predicted molar refractivity (Wildman–Crippen MR) is 101 cm³/mol. The largest absolute Gasteiger partial charge is 0.472 e. The van der Waals surface area contributed by atoms with Crippen LogP contribution in [0.3, 0.4) is 0 Å². The molecule has 1 saturated heterocycles. The van der Waals surface area contributed by atoms with E-state index in [9.17, 15) is 9.18 Å². The molecule has 2 aliphatic rings. The third-order valence-electron chi connectivity index (χ3n) is 6.03. The highest BCUT2D eigenvalue weighted by Crippen LogP contribution is 2.47. The van der Waals surface area contributed by atoms with Crippen LogP contribution in [0.2, 0.25) is 0 Å².